The van der Waals surface area contributed by atoms with Gasteiger partial charge < -0.3 is 9.30 Å². The van der Waals surface area contributed by atoms with E-state index >= 15 is 0 Å². The molecule has 3 aromatic rings. The third-order valence-corrected chi connectivity index (χ3v) is 5.91. The average molecular weight is 379 g/mol. The Morgan fingerprint density at radius 2 is 2.04 bits per heavy atom. The van der Waals surface area contributed by atoms with Crippen LogP contribution in [0.5, 0.6) is 5.75 Å². The van der Waals surface area contributed by atoms with E-state index < -0.39 is 0 Å². The van der Waals surface area contributed by atoms with E-state index in [4.69, 9.17) is 14.7 Å². The number of unbranched alkanes of at least 4 members (excludes halogenated alkanes) is 1. The number of rotatable bonds is 8. The highest BCUT2D eigenvalue weighted by Gasteiger charge is 2.34. The minimum atomic E-state index is 0.514. The van der Waals surface area contributed by atoms with Crippen molar-refractivity contribution in [3.05, 3.63) is 35.9 Å². The van der Waals surface area contributed by atoms with Crippen molar-refractivity contribution in [2.24, 2.45) is 5.92 Å². The molecular weight excluding hydrogens is 348 g/mol. The van der Waals surface area contributed by atoms with Gasteiger partial charge in [0.1, 0.15) is 29.1 Å². The van der Waals surface area contributed by atoms with Gasteiger partial charge in [0.25, 0.3) is 0 Å². The van der Waals surface area contributed by atoms with E-state index in [0.717, 1.165) is 51.9 Å². The molecule has 0 aliphatic heterocycles. The van der Waals surface area contributed by atoms with Gasteiger partial charge in [-0.3, -0.25) is 0 Å². The molecule has 4 rings (SSSR count). The number of methoxy groups -OCH3 is 1. The number of ether oxygens (including phenoxy) is 1. The van der Waals surface area contributed by atoms with Gasteiger partial charge in [-0.1, -0.05) is 26.7 Å². The first-order valence-electron chi connectivity index (χ1n) is 10.5. The van der Waals surface area contributed by atoms with Crippen LogP contribution in [0.2, 0.25) is 0 Å². The first-order valence-corrected chi connectivity index (χ1v) is 10.5. The number of hydrogen-bond acceptors (Lipinski definition) is 4. The second kappa shape index (κ2) is 7.90. The normalized spacial score (nSPS) is 15.1. The van der Waals surface area contributed by atoms with Crippen molar-refractivity contribution in [2.75, 3.05) is 7.11 Å². The standard InChI is InChI=1S/C23H30N4O/c1-5-7-8-19(16-9-10-16)27-20(6-2)26-22-21(24-14-25-23(22)27)18-12-11-17(28-4)13-15(18)3/h11-14,16,19H,5-10H2,1-4H3. The summed E-state index contributed by atoms with van der Waals surface area (Å²) in [6.45, 7) is 6.55. The SMILES string of the molecule is CCCCC(C1CC1)n1c(CC)nc2c(-c3ccc(OC)cc3C)ncnc21. The van der Waals surface area contributed by atoms with E-state index in [1.54, 1.807) is 13.4 Å². The zero-order valence-electron chi connectivity index (χ0n) is 17.4. The number of hydrogen-bond donors (Lipinski definition) is 0. The fraction of sp³-hybridized carbons (Fsp3) is 0.522. The summed E-state index contributed by atoms with van der Waals surface area (Å²) in [5, 5.41) is 0. The molecule has 0 N–H and O–H groups in total. The van der Waals surface area contributed by atoms with Crippen LogP contribution in [0, 0.1) is 12.8 Å². The Bertz CT molecular complexity index is 974. The van der Waals surface area contributed by atoms with Gasteiger partial charge in [0.15, 0.2) is 5.65 Å². The summed E-state index contributed by atoms with van der Waals surface area (Å²) >= 11 is 0. The van der Waals surface area contributed by atoms with E-state index in [1.807, 2.05) is 6.07 Å². The molecular formula is C23H30N4O. The molecule has 0 radical (unpaired) electrons. The molecule has 1 fully saturated rings. The summed E-state index contributed by atoms with van der Waals surface area (Å²) in [7, 11) is 1.70. The quantitative estimate of drug-likeness (QED) is 0.518. The lowest BCUT2D eigenvalue weighted by molar-refractivity contribution is 0.399. The summed E-state index contributed by atoms with van der Waals surface area (Å²) < 4.78 is 7.80. The number of fused-ring (bicyclic) bond motifs is 1. The van der Waals surface area contributed by atoms with Crippen LogP contribution in [0.4, 0.5) is 0 Å². The summed E-state index contributed by atoms with van der Waals surface area (Å²) in [5.74, 6) is 2.77. The van der Waals surface area contributed by atoms with E-state index in [-0.39, 0.29) is 0 Å². The van der Waals surface area contributed by atoms with E-state index in [2.05, 4.69) is 42.5 Å². The molecule has 0 bridgehead atoms. The van der Waals surface area contributed by atoms with Gasteiger partial charge in [-0.2, -0.15) is 0 Å². The Balaban J connectivity index is 1.86. The number of nitrogens with zero attached hydrogens (tertiary/aromatic N) is 4. The predicted molar refractivity (Wildman–Crippen MR) is 113 cm³/mol. The fourth-order valence-electron chi connectivity index (χ4n) is 4.25. The Morgan fingerprint density at radius 1 is 1.21 bits per heavy atom. The lowest BCUT2D eigenvalue weighted by Gasteiger charge is -2.20. The van der Waals surface area contributed by atoms with Crippen LogP contribution in [-0.4, -0.2) is 26.6 Å². The summed E-state index contributed by atoms with van der Waals surface area (Å²) in [6.07, 6.45) is 8.94. The molecule has 1 saturated carbocycles. The first kappa shape index (κ1) is 18.9. The van der Waals surface area contributed by atoms with E-state index in [1.165, 1.54) is 32.1 Å². The Morgan fingerprint density at radius 3 is 2.68 bits per heavy atom. The van der Waals surface area contributed by atoms with Crippen molar-refractivity contribution in [2.45, 2.75) is 65.3 Å². The van der Waals surface area contributed by atoms with Crippen LogP contribution in [0.3, 0.4) is 0 Å². The third-order valence-electron chi connectivity index (χ3n) is 5.91. The maximum atomic E-state index is 5.36. The van der Waals surface area contributed by atoms with E-state index in [9.17, 15) is 0 Å². The fourth-order valence-corrected chi connectivity index (χ4v) is 4.25. The summed E-state index contributed by atoms with van der Waals surface area (Å²) in [5.41, 5.74) is 5.07. The predicted octanol–water partition coefficient (Wildman–Crippen LogP) is 5.51. The smallest absolute Gasteiger partial charge is 0.164 e. The monoisotopic (exact) mass is 378 g/mol. The first-order chi connectivity index (χ1) is 13.7. The molecule has 0 saturated heterocycles. The van der Waals surface area contributed by atoms with E-state index in [0.29, 0.717) is 6.04 Å². The minimum Gasteiger partial charge on any atom is -0.497 e. The molecule has 28 heavy (non-hydrogen) atoms. The molecule has 1 atom stereocenters. The molecule has 5 heteroatoms. The molecule has 148 valence electrons. The molecule has 1 unspecified atom stereocenters. The maximum Gasteiger partial charge on any atom is 0.164 e. The molecule has 0 spiro atoms. The Kier molecular flexibility index (Phi) is 5.33. The number of imidazole rings is 1. The summed E-state index contributed by atoms with van der Waals surface area (Å²) in [4.78, 5) is 14.4. The zero-order valence-corrected chi connectivity index (χ0v) is 17.4. The van der Waals surface area contributed by atoms with Crippen LogP contribution < -0.4 is 4.74 Å². The molecule has 1 aliphatic carbocycles. The number of benzene rings is 1. The van der Waals surface area contributed by atoms with Crippen LogP contribution in [0.1, 0.15) is 63.4 Å². The van der Waals surface area contributed by atoms with Gasteiger partial charge >= 0.3 is 0 Å². The van der Waals surface area contributed by atoms with Gasteiger partial charge in [-0.05, 0) is 55.9 Å². The highest BCUT2D eigenvalue weighted by molar-refractivity contribution is 5.88. The van der Waals surface area contributed by atoms with Crippen LogP contribution in [0.25, 0.3) is 22.4 Å². The molecule has 1 aliphatic rings. The lowest BCUT2D eigenvalue weighted by Crippen LogP contribution is -2.15. The largest absolute Gasteiger partial charge is 0.497 e. The highest BCUT2D eigenvalue weighted by Crippen LogP contribution is 2.44. The lowest BCUT2D eigenvalue weighted by atomic mass is 10.0. The van der Waals surface area contributed by atoms with Gasteiger partial charge in [-0.15, -0.1) is 0 Å². The van der Waals surface area contributed by atoms with Crippen molar-refractivity contribution >= 4 is 11.2 Å². The van der Waals surface area contributed by atoms with Crippen LogP contribution >= 0.6 is 0 Å². The van der Waals surface area contributed by atoms with Gasteiger partial charge in [0.05, 0.1) is 7.11 Å². The van der Waals surface area contributed by atoms with Crippen molar-refractivity contribution in [1.29, 1.82) is 0 Å². The third kappa shape index (κ3) is 3.38. The van der Waals surface area contributed by atoms with Gasteiger partial charge in [0.2, 0.25) is 0 Å². The molecule has 2 aromatic heterocycles. The van der Waals surface area contributed by atoms with Crippen molar-refractivity contribution < 1.29 is 4.74 Å². The Labute approximate surface area is 167 Å². The number of aromatic nitrogens is 4. The molecule has 0 amide bonds. The average Bonchev–Trinajstić information content (AvgIpc) is 3.48. The highest BCUT2D eigenvalue weighted by atomic mass is 16.5. The second-order valence-corrected chi connectivity index (χ2v) is 7.87. The molecule has 2 heterocycles. The summed E-state index contributed by atoms with van der Waals surface area (Å²) in [6, 6.07) is 6.63. The second-order valence-electron chi connectivity index (χ2n) is 7.87. The molecule has 1 aromatic carbocycles. The molecule has 5 nitrogen and oxygen atoms in total. The van der Waals surface area contributed by atoms with Crippen LogP contribution in [0.15, 0.2) is 24.5 Å². The van der Waals surface area contributed by atoms with Crippen LogP contribution in [-0.2, 0) is 6.42 Å². The van der Waals surface area contributed by atoms with Crippen molar-refractivity contribution in [1.82, 2.24) is 19.5 Å². The zero-order chi connectivity index (χ0) is 19.7. The number of aryl methyl sites for hydroxylation is 2. The van der Waals surface area contributed by atoms with Crippen molar-refractivity contribution in [3.63, 3.8) is 0 Å². The Hall–Kier alpha value is -2.43. The topological polar surface area (TPSA) is 52.8 Å². The minimum absolute atomic E-state index is 0.514. The maximum absolute atomic E-state index is 5.36. The van der Waals surface area contributed by atoms with Gasteiger partial charge in [0, 0.05) is 18.0 Å². The van der Waals surface area contributed by atoms with Gasteiger partial charge in [-0.25, -0.2) is 15.0 Å². The van der Waals surface area contributed by atoms with Crippen molar-refractivity contribution in [3.8, 4) is 17.0 Å².